The lowest BCUT2D eigenvalue weighted by Crippen LogP contribution is -2.26. The summed E-state index contributed by atoms with van der Waals surface area (Å²) in [6.45, 7) is 2.39. The Hall–Kier alpha value is -0.210. The molecule has 3 N–H and O–H groups in total. The number of rotatable bonds is 5. The van der Waals surface area contributed by atoms with Gasteiger partial charge in [0, 0.05) is 6.54 Å². The van der Waals surface area contributed by atoms with E-state index in [2.05, 4.69) is 9.71 Å². The minimum Gasteiger partial charge on any atom is -0.330 e. The molecule has 8 heteroatoms. The van der Waals surface area contributed by atoms with Gasteiger partial charge in [0.1, 0.15) is 0 Å². The smallest absolute Gasteiger partial charge is 0.251 e. The second kappa shape index (κ2) is 5.22. The Morgan fingerprint density at radius 2 is 2.27 bits per heavy atom. The number of aryl methyl sites for hydroxylation is 1. The standard InChI is InChI=1S/C7H12ClN3O2S2/c1-5-6(14-7(8)11-5)15(12,13)10-4-2-3-9/h10H,2-4,9H2,1H3. The number of halogens is 1. The van der Waals surface area contributed by atoms with E-state index in [4.69, 9.17) is 17.3 Å². The Morgan fingerprint density at radius 3 is 2.73 bits per heavy atom. The van der Waals surface area contributed by atoms with E-state index in [-0.39, 0.29) is 8.68 Å². The van der Waals surface area contributed by atoms with Gasteiger partial charge in [-0.15, -0.1) is 0 Å². The number of hydrogen-bond donors (Lipinski definition) is 2. The largest absolute Gasteiger partial charge is 0.330 e. The van der Waals surface area contributed by atoms with Gasteiger partial charge in [0.2, 0.25) is 0 Å². The first-order valence-corrected chi connectivity index (χ1v) is 6.98. The zero-order chi connectivity index (χ0) is 11.5. The number of aromatic nitrogens is 1. The molecule has 1 heterocycles. The fourth-order valence-corrected chi connectivity index (χ4v) is 3.83. The van der Waals surface area contributed by atoms with E-state index >= 15 is 0 Å². The summed E-state index contributed by atoms with van der Waals surface area (Å²) in [5.74, 6) is 0. The molecule has 0 spiro atoms. The highest BCUT2D eigenvalue weighted by atomic mass is 35.5. The summed E-state index contributed by atoms with van der Waals surface area (Å²) in [5, 5.41) is 0. The average molecular weight is 270 g/mol. The van der Waals surface area contributed by atoms with Crippen molar-refractivity contribution < 1.29 is 8.42 Å². The van der Waals surface area contributed by atoms with E-state index < -0.39 is 10.0 Å². The third-order valence-electron chi connectivity index (χ3n) is 1.64. The molecule has 0 aromatic carbocycles. The number of thiazole rings is 1. The average Bonchev–Trinajstić information content (AvgIpc) is 2.46. The summed E-state index contributed by atoms with van der Waals surface area (Å²) in [5.41, 5.74) is 5.69. The minimum absolute atomic E-state index is 0.171. The summed E-state index contributed by atoms with van der Waals surface area (Å²) >= 11 is 6.58. The monoisotopic (exact) mass is 269 g/mol. The number of nitrogens with one attached hydrogen (secondary N) is 1. The molecule has 0 bridgehead atoms. The molecular weight excluding hydrogens is 258 g/mol. The lowest BCUT2D eigenvalue weighted by molar-refractivity contribution is 0.581. The molecule has 0 aliphatic carbocycles. The molecule has 0 saturated heterocycles. The van der Waals surface area contributed by atoms with Gasteiger partial charge in [0.15, 0.2) is 8.68 Å². The van der Waals surface area contributed by atoms with Gasteiger partial charge in [0.05, 0.1) is 5.69 Å². The summed E-state index contributed by atoms with van der Waals surface area (Å²) in [4.78, 5) is 3.85. The van der Waals surface area contributed by atoms with Crippen LogP contribution in [0.4, 0.5) is 0 Å². The first kappa shape index (κ1) is 12.9. The molecule has 0 saturated carbocycles. The maximum Gasteiger partial charge on any atom is 0.251 e. The topological polar surface area (TPSA) is 85.1 Å². The quantitative estimate of drug-likeness (QED) is 0.772. The SMILES string of the molecule is Cc1nc(Cl)sc1S(=O)(=O)NCCCN. The van der Waals surface area contributed by atoms with Crippen molar-refractivity contribution in [2.75, 3.05) is 13.1 Å². The third-order valence-corrected chi connectivity index (χ3v) is 4.98. The van der Waals surface area contributed by atoms with Crippen LogP contribution >= 0.6 is 22.9 Å². The van der Waals surface area contributed by atoms with Gasteiger partial charge in [0.25, 0.3) is 10.0 Å². The van der Waals surface area contributed by atoms with E-state index in [0.29, 0.717) is 25.2 Å². The molecule has 15 heavy (non-hydrogen) atoms. The van der Waals surface area contributed by atoms with Crippen molar-refractivity contribution in [3.63, 3.8) is 0 Å². The molecule has 0 atom stereocenters. The Morgan fingerprint density at radius 1 is 1.60 bits per heavy atom. The van der Waals surface area contributed by atoms with Crippen molar-refractivity contribution >= 4 is 33.0 Å². The van der Waals surface area contributed by atoms with Crippen molar-refractivity contribution in [1.82, 2.24) is 9.71 Å². The Balaban J connectivity index is 2.82. The number of nitrogens with zero attached hydrogens (tertiary/aromatic N) is 1. The predicted octanol–water partition coefficient (Wildman–Crippen LogP) is 0.732. The Kier molecular flexibility index (Phi) is 4.47. The summed E-state index contributed by atoms with van der Waals surface area (Å²) in [6.07, 6.45) is 0.602. The second-order valence-electron chi connectivity index (χ2n) is 2.88. The zero-order valence-corrected chi connectivity index (χ0v) is 10.5. The predicted molar refractivity (Wildman–Crippen MR) is 60.7 cm³/mol. The van der Waals surface area contributed by atoms with Gasteiger partial charge in [-0.1, -0.05) is 22.9 Å². The van der Waals surface area contributed by atoms with E-state index in [0.717, 1.165) is 11.3 Å². The van der Waals surface area contributed by atoms with E-state index in [1.54, 1.807) is 6.92 Å². The second-order valence-corrected chi connectivity index (χ2v) is 6.42. The highest BCUT2D eigenvalue weighted by Gasteiger charge is 2.20. The van der Waals surface area contributed by atoms with Crippen LogP contribution in [0.5, 0.6) is 0 Å². The maximum absolute atomic E-state index is 11.7. The summed E-state index contributed by atoms with van der Waals surface area (Å²) in [6, 6.07) is 0. The first-order chi connectivity index (χ1) is 6.97. The van der Waals surface area contributed by atoms with Crippen molar-refractivity contribution in [1.29, 1.82) is 0 Å². The lowest BCUT2D eigenvalue weighted by atomic mass is 10.4. The van der Waals surface area contributed by atoms with Crippen LogP contribution in [-0.4, -0.2) is 26.5 Å². The van der Waals surface area contributed by atoms with Gasteiger partial charge in [-0.3, -0.25) is 0 Å². The van der Waals surface area contributed by atoms with Gasteiger partial charge in [-0.05, 0) is 19.9 Å². The molecule has 1 aromatic heterocycles. The number of sulfonamides is 1. The molecule has 0 aliphatic rings. The maximum atomic E-state index is 11.7. The van der Waals surface area contributed by atoms with Crippen LogP contribution in [0.15, 0.2) is 4.21 Å². The van der Waals surface area contributed by atoms with Gasteiger partial charge in [-0.2, -0.15) is 0 Å². The van der Waals surface area contributed by atoms with Crippen LogP contribution in [0.25, 0.3) is 0 Å². The van der Waals surface area contributed by atoms with Crippen LogP contribution in [-0.2, 0) is 10.0 Å². The minimum atomic E-state index is -3.48. The highest BCUT2D eigenvalue weighted by molar-refractivity contribution is 7.91. The number of nitrogens with two attached hydrogens (primary N) is 1. The third kappa shape index (κ3) is 3.39. The van der Waals surface area contributed by atoms with Gasteiger partial charge >= 0.3 is 0 Å². The van der Waals surface area contributed by atoms with Gasteiger partial charge in [-0.25, -0.2) is 18.1 Å². The normalized spacial score (nSPS) is 11.9. The van der Waals surface area contributed by atoms with Gasteiger partial charge < -0.3 is 5.73 Å². The molecule has 5 nitrogen and oxygen atoms in total. The molecule has 0 amide bonds. The molecular formula is C7H12ClN3O2S2. The zero-order valence-electron chi connectivity index (χ0n) is 8.16. The highest BCUT2D eigenvalue weighted by Crippen LogP contribution is 2.26. The molecule has 1 aromatic rings. The van der Waals surface area contributed by atoms with Crippen LogP contribution in [0, 0.1) is 6.92 Å². The van der Waals surface area contributed by atoms with Crippen molar-refractivity contribution in [2.45, 2.75) is 17.6 Å². The van der Waals surface area contributed by atoms with E-state index in [1.807, 2.05) is 0 Å². The molecule has 0 fully saturated rings. The molecule has 0 unspecified atom stereocenters. The molecule has 86 valence electrons. The molecule has 0 aliphatic heterocycles. The van der Waals surface area contributed by atoms with Crippen LogP contribution in [0.3, 0.4) is 0 Å². The fraction of sp³-hybridized carbons (Fsp3) is 0.571. The number of hydrogen-bond acceptors (Lipinski definition) is 5. The molecule has 1 rings (SSSR count). The van der Waals surface area contributed by atoms with Crippen LogP contribution < -0.4 is 10.5 Å². The van der Waals surface area contributed by atoms with Crippen molar-refractivity contribution in [3.8, 4) is 0 Å². The van der Waals surface area contributed by atoms with Crippen LogP contribution in [0.1, 0.15) is 12.1 Å². The summed E-state index contributed by atoms with van der Waals surface area (Å²) < 4.78 is 26.2. The van der Waals surface area contributed by atoms with Crippen LogP contribution in [0.2, 0.25) is 4.47 Å². The Labute approximate surface area is 97.7 Å². The van der Waals surface area contributed by atoms with Crippen molar-refractivity contribution in [2.24, 2.45) is 5.73 Å². The van der Waals surface area contributed by atoms with Crippen molar-refractivity contribution in [3.05, 3.63) is 10.2 Å². The molecule has 0 radical (unpaired) electrons. The fourth-order valence-electron chi connectivity index (χ4n) is 0.974. The lowest BCUT2D eigenvalue weighted by Gasteiger charge is -2.03. The Bertz CT molecular complexity index is 429. The summed E-state index contributed by atoms with van der Waals surface area (Å²) in [7, 11) is -3.48. The van der Waals surface area contributed by atoms with E-state index in [9.17, 15) is 8.42 Å². The first-order valence-electron chi connectivity index (χ1n) is 4.30. The van der Waals surface area contributed by atoms with E-state index in [1.165, 1.54) is 0 Å².